The number of likely N-dealkylation sites (tertiary alicyclic amines) is 1. The third kappa shape index (κ3) is 6.88. The molecule has 1 aliphatic heterocycles. The van der Waals surface area contributed by atoms with Crippen LogP contribution in [-0.4, -0.2) is 43.6 Å². The first-order chi connectivity index (χ1) is 7.94. The minimum absolute atomic E-state index is 0.722. The summed E-state index contributed by atoms with van der Waals surface area (Å²) in [6.07, 6.45) is 3.90. The molecule has 0 radical (unpaired) electrons. The molecular formula is C12H25F3NO+. The van der Waals surface area contributed by atoms with Crippen molar-refractivity contribution in [3.8, 4) is 0 Å². The van der Waals surface area contributed by atoms with Gasteiger partial charge >= 0.3 is 6.68 Å². The van der Waals surface area contributed by atoms with E-state index in [2.05, 4.69) is 20.8 Å². The van der Waals surface area contributed by atoms with Crippen LogP contribution in [-0.2, 0) is 4.74 Å². The molecule has 0 saturated carbocycles. The van der Waals surface area contributed by atoms with Crippen LogP contribution in [0.3, 0.4) is 0 Å². The Hall–Kier alpha value is -0.290. The van der Waals surface area contributed by atoms with E-state index in [4.69, 9.17) is 4.74 Å². The van der Waals surface area contributed by atoms with Crippen molar-refractivity contribution >= 4 is 0 Å². The lowest BCUT2D eigenvalue weighted by Crippen LogP contribution is -2.52. The van der Waals surface area contributed by atoms with E-state index in [0.717, 1.165) is 25.8 Å². The van der Waals surface area contributed by atoms with E-state index in [1.807, 2.05) is 0 Å². The van der Waals surface area contributed by atoms with Gasteiger partial charge in [-0.2, -0.15) is 13.2 Å². The average Bonchev–Trinajstić information content (AvgIpc) is 2.67. The number of halogens is 3. The SMILES string of the molecule is CCCOC[N+]1(C(C)C)CCCC1.FC(F)F. The second-order valence-corrected chi connectivity index (χ2v) is 4.75. The molecule has 5 heteroatoms. The summed E-state index contributed by atoms with van der Waals surface area (Å²) >= 11 is 0. The van der Waals surface area contributed by atoms with Crippen molar-refractivity contribution in [2.24, 2.45) is 0 Å². The quantitative estimate of drug-likeness (QED) is 0.540. The van der Waals surface area contributed by atoms with Crippen LogP contribution in [0.1, 0.15) is 40.0 Å². The lowest BCUT2D eigenvalue weighted by molar-refractivity contribution is -0.954. The van der Waals surface area contributed by atoms with Gasteiger partial charge in [-0.25, -0.2) is 0 Å². The van der Waals surface area contributed by atoms with Gasteiger partial charge in [0.1, 0.15) is 0 Å². The van der Waals surface area contributed by atoms with Crippen molar-refractivity contribution in [1.29, 1.82) is 0 Å². The summed E-state index contributed by atoms with van der Waals surface area (Å²) in [7, 11) is 0. The largest absolute Gasteiger partial charge is 0.379 e. The van der Waals surface area contributed by atoms with Crippen LogP contribution in [0, 0.1) is 0 Å². The number of ether oxygens (including phenoxy) is 1. The van der Waals surface area contributed by atoms with Gasteiger partial charge in [0.05, 0.1) is 25.7 Å². The van der Waals surface area contributed by atoms with E-state index < -0.39 is 6.68 Å². The highest BCUT2D eigenvalue weighted by Gasteiger charge is 2.34. The van der Waals surface area contributed by atoms with Crippen molar-refractivity contribution in [3.05, 3.63) is 0 Å². The lowest BCUT2D eigenvalue weighted by Gasteiger charge is -2.37. The van der Waals surface area contributed by atoms with Crippen LogP contribution in [0.15, 0.2) is 0 Å². The highest BCUT2D eigenvalue weighted by molar-refractivity contribution is 4.55. The van der Waals surface area contributed by atoms with E-state index in [9.17, 15) is 13.2 Å². The summed E-state index contributed by atoms with van der Waals surface area (Å²) in [6.45, 7) is 7.64. The van der Waals surface area contributed by atoms with E-state index >= 15 is 0 Å². The van der Waals surface area contributed by atoms with E-state index in [-0.39, 0.29) is 0 Å². The van der Waals surface area contributed by atoms with Gasteiger partial charge in [0.15, 0.2) is 6.73 Å². The summed E-state index contributed by atoms with van der Waals surface area (Å²) in [4.78, 5) is 0. The molecule has 1 saturated heterocycles. The monoisotopic (exact) mass is 256 g/mol. The normalized spacial score (nSPS) is 18.4. The molecule has 1 aliphatic rings. The van der Waals surface area contributed by atoms with Gasteiger partial charge in [0.25, 0.3) is 0 Å². The summed E-state index contributed by atoms with van der Waals surface area (Å²) in [5.74, 6) is 0. The van der Waals surface area contributed by atoms with Gasteiger partial charge in [-0.1, -0.05) is 6.92 Å². The molecule has 0 aliphatic carbocycles. The minimum atomic E-state index is -3.67. The van der Waals surface area contributed by atoms with Gasteiger partial charge in [-0.15, -0.1) is 0 Å². The first-order valence-electron chi connectivity index (χ1n) is 6.30. The summed E-state index contributed by atoms with van der Waals surface area (Å²) in [5, 5.41) is 0. The highest BCUT2D eigenvalue weighted by atomic mass is 19.4. The second kappa shape index (κ2) is 8.75. The number of quaternary nitrogens is 1. The van der Waals surface area contributed by atoms with Crippen molar-refractivity contribution in [1.82, 2.24) is 0 Å². The zero-order valence-electron chi connectivity index (χ0n) is 11.1. The van der Waals surface area contributed by atoms with Crippen LogP contribution < -0.4 is 0 Å². The van der Waals surface area contributed by atoms with Crippen LogP contribution >= 0.6 is 0 Å². The zero-order valence-corrected chi connectivity index (χ0v) is 11.1. The van der Waals surface area contributed by atoms with Gasteiger partial charge in [-0.05, 0) is 20.3 Å². The predicted octanol–water partition coefficient (Wildman–Crippen LogP) is 3.57. The van der Waals surface area contributed by atoms with E-state index in [1.165, 1.54) is 30.4 Å². The Morgan fingerprint density at radius 1 is 1.12 bits per heavy atom. The molecular weight excluding hydrogens is 231 g/mol. The van der Waals surface area contributed by atoms with E-state index in [1.54, 1.807) is 0 Å². The van der Waals surface area contributed by atoms with Crippen LogP contribution in [0.2, 0.25) is 0 Å². The third-order valence-electron chi connectivity index (χ3n) is 3.25. The maximum atomic E-state index is 9.67. The summed E-state index contributed by atoms with van der Waals surface area (Å²) in [5.41, 5.74) is 0. The fraction of sp³-hybridized carbons (Fsp3) is 1.00. The van der Waals surface area contributed by atoms with E-state index in [0.29, 0.717) is 0 Å². The van der Waals surface area contributed by atoms with Gasteiger partial charge in [0.2, 0.25) is 0 Å². The molecule has 1 heterocycles. The van der Waals surface area contributed by atoms with Gasteiger partial charge in [0, 0.05) is 12.8 Å². The molecule has 0 spiro atoms. The fourth-order valence-electron chi connectivity index (χ4n) is 2.15. The average molecular weight is 256 g/mol. The molecule has 17 heavy (non-hydrogen) atoms. The van der Waals surface area contributed by atoms with Crippen molar-refractivity contribution in [3.63, 3.8) is 0 Å². The van der Waals surface area contributed by atoms with Gasteiger partial charge < -0.3 is 4.74 Å². The molecule has 1 fully saturated rings. The summed E-state index contributed by atoms with van der Waals surface area (Å²) in [6, 6.07) is 0.722. The Labute approximate surface area is 102 Å². The van der Waals surface area contributed by atoms with Gasteiger partial charge in [-0.3, -0.25) is 4.48 Å². The Bertz CT molecular complexity index is 180. The predicted molar refractivity (Wildman–Crippen MR) is 62.6 cm³/mol. The standard InChI is InChI=1S/C11H24NO.CHF3/c1-4-9-13-10-12(11(2)3)7-5-6-8-12;2-1(3)4/h11H,4-10H2,1-3H3;1H/q+1;. The Balaban J connectivity index is 0.000000557. The van der Waals surface area contributed by atoms with Crippen LogP contribution in [0.25, 0.3) is 0 Å². The fourth-order valence-corrected chi connectivity index (χ4v) is 2.15. The number of rotatable bonds is 5. The van der Waals surface area contributed by atoms with Crippen molar-refractivity contribution in [2.45, 2.75) is 52.8 Å². The van der Waals surface area contributed by atoms with Crippen molar-refractivity contribution in [2.75, 3.05) is 26.4 Å². The number of alkyl halides is 3. The zero-order chi connectivity index (χ0) is 13.3. The molecule has 0 N–H and O–H groups in total. The number of hydrogen-bond donors (Lipinski definition) is 0. The number of nitrogens with zero attached hydrogens (tertiary/aromatic N) is 1. The molecule has 0 amide bonds. The molecule has 0 bridgehead atoms. The second-order valence-electron chi connectivity index (χ2n) is 4.75. The lowest BCUT2D eigenvalue weighted by atomic mass is 10.3. The smallest absolute Gasteiger partial charge is 0.332 e. The summed E-state index contributed by atoms with van der Waals surface area (Å²) < 4.78 is 35.9. The first-order valence-corrected chi connectivity index (χ1v) is 6.30. The Kier molecular flexibility index (Phi) is 8.60. The molecule has 0 aromatic rings. The Morgan fingerprint density at radius 2 is 1.59 bits per heavy atom. The van der Waals surface area contributed by atoms with Crippen LogP contribution in [0.5, 0.6) is 0 Å². The van der Waals surface area contributed by atoms with Crippen LogP contribution in [0.4, 0.5) is 13.2 Å². The number of hydrogen-bond acceptors (Lipinski definition) is 1. The maximum absolute atomic E-state index is 9.67. The molecule has 104 valence electrons. The third-order valence-corrected chi connectivity index (χ3v) is 3.25. The highest BCUT2D eigenvalue weighted by Crippen LogP contribution is 2.23. The molecule has 2 nitrogen and oxygen atoms in total. The molecule has 1 rings (SSSR count). The maximum Gasteiger partial charge on any atom is 0.379 e. The molecule has 0 aromatic heterocycles. The molecule has 0 atom stereocenters. The van der Waals surface area contributed by atoms with Crippen molar-refractivity contribution < 1.29 is 22.4 Å². The Morgan fingerprint density at radius 3 is 1.94 bits per heavy atom. The molecule has 0 aromatic carbocycles. The molecule has 0 unspecified atom stereocenters. The topological polar surface area (TPSA) is 9.23 Å². The minimum Gasteiger partial charge on any atom is -0.332 e. The first kappa shape index (κ1) is 16.7.